The van der Waals surface area contributed by atoms with Gasteiger partial charge in [0, 0.05) is 24.5 Å². The molecule has 1 aliphatic rings. The molecule has 3 nitrogen and oxygen atoms in total. The average Bonchev–Trinajstić information content (AvgIpc) is 2.87. The van der Waals surface area contributed by atoms with E-state index in [-0.39, 0.29) is 0 Å². The van der Waals surface area contributed by atoms with Gasteiger partial charge in [0.25, 0.3) is 0 Å². The van der Waals surface area contributed by atoms with Crippen molar-refractivity contribution >= 4 is 5.95 Å². The molecule has 0 aromatic carbocycles. The van der Waals surface area contributed by atoms with Gasteiger partial charge in [-0.1, -0.05) is 13.8 Å². The maximum absolute atomic E-state index is 4.38. The van der Waals surface area contributed by atoms with Crippen LogP contribution in [0.15, 0.2) is 12.4 Å². The van der Waals surface area contributed by atoms with Crippen molar-refractivity contribution in [2.75, 3.05) is 5.32 Å². The van der Waals surface area contributed by atoms with Crippen LogP contribution in [0, 0.1) is 5.92 Å². The number of hydrogen-bond acceptors (Lipinski definition) is 2. The van der Waals surface area contributed by atoms with E-state index in [1.165, 1.54) is 19.3 Å². The lowest BCUT2D eigenvalue weighted by atomic mass is 10.1. The highest BCUT2D eigenvalue weighted by Gasteiger charge is 2.25. The average molecular weight is 207 g/mol. The minimum atomic E-state index is 0.505. The monoisotopic (exact) mass is 207 g/mol. The van der Waals surface area contributed by atoms with Gasteiger partial charge in [0.05, 0.1) is 0 Å². The molecule has 2 rings (SSSR count). The van der Waals surface area contributed by atoms with Gasteiger partial charge >= 0.3 is 0 Å². The fourth-order valence-corrected chi connectivity index (χ4v) is 2.06. The number of hydrogen-bond donors (Lipinski definition) is 1. The molecule has 0 spiro atoms. The highest BCUT2D eigenvalue weighted by Crippen LogP contribution is 2.36. The largest absolute Gasteiger partial charge is 0.353 e. The van der Waals surface area contributed by atoms with Gasteiger partial charge in [0.1, 0.15) is 0 Å². The minimum Gasteiger partial charge on any atom is -0.353 e. The molecular weight excluding hydrogens is 186 g/mol. The van der Waals surface area contributed by atoms with Crippen LogP contribution < -0.4 is 5.32 Å². The molecule has 0 saturated heterocycles. The lowest BCUT2D eigenvalue weighted by Gasteiger charge is -2.17. The van der Waals surface area contributed by atoms with Crippen molar-refractivity contribution in [2.45, 2.75) is 52.1 Å². The first-order valence-electron chi connectivity index (χ1n) is 5.96. The summed E-state index contributed by atoms with van der Waals surface area (Å²) in [6.45, 7) is 6.74. The summed E-state index contributed by atoms with van der Waals surface area (Å²) in [6, 6.07) is 1.21. The molecule has 1 heterocycles. The maximum Gasteiger partial charge on any atom is 0.203 e. The van der Waals surface area contributed by atoms with Gasteiger partial charge in [0.15, 0.2) is 0 Å². The van der Waals surface area contributed by atoms with Crippen molar-refractivity contribution in [1.29, 1.82) is 0 Å². The summed E-state index contributed by atoms with van der Waals surface area (Å²) in [7, 11) is 0. The van der Waals surface area contributed by atoms with Crippen LogP contribution in [0.25, 0.3) is 0 Å². The second kappa shape index (κ2) is 4.25. The predicted molar refractivity (Wildman–Crippen MR) is 63.0 cm³/mol. The lowest BCUT2D eigenvalue weighted by molar-refractivity contribution is 0.535. The van der Waals surface area contributed by atoms with E-state index >= 15 is 0 Å². The highest BCUT2D eigenvalue weighted by atomic mass is 15.2. The first-order chi connectivity index (χ1) is 7.16. The zero-order valence-corrected chi connectivity index (χ0v) is 9.90. The van der Waals surface area contributed by atoms with Crippen molar-refractivity contribution < 1.29 is 0 Å². The molecule has 1 saturated carbocycles. The quantitative estimate of drug-likeness (QED) is 0.804. The molecule has 0 bridgehead atoms. The Morgan fingerprint density at radius 2 is 2.20 bits per heavy atom. The summed E-state index contributed by atoms with van der Waals surface area (Å²) in [4.78, 5) is 4.38. The Labute approximate surface area is 91.9 Å². The van der Waals surface area contributed by atoms with Crippen molar-refractivity contribution in [1.82, 2.24) is 9.55 Å². The molecule has 1 fully saturated rings. The Morgan fingerprint density at radius 3 is 2.80 bits per heavy atom. The fraction of sp³-hybridized carbons (Fsp3) is 0.750. The van der Waals surface area contributed by atoms with Crippen LogP contribution in [-0.2, 0) is 0 Å². The fourth-order valence-electron chi connectivity index (χ4n) is 2.06. The van der Waals surface area contributed by atoms with E-state index in [9.17, 15) is 0 Å². The van der Waals surface area contributed by atoms with Gasteiger partial charge in [-0.25, -0.2) is 4.98 Å². The van der Waals surface area contributed by atoms with Crippen LogP contribution in [0.3, 0.4) is 0 Å². The number of nitrogens with zero attached hydrogens (tertiary/aromatic N) is 2. The van der Waals surface area contributed by atoms with Crippen LogP contribution in [0.4, 0.5) is 5.95 Å². The first-order valence-corrected chi connectivity index (χ1v) is 5.96. The molecule has 1 N–H and O–H groups in total. The SMILES string of the molecule is CC(C)CC(C)Nc1nccn1C1CC1. The van der Waals surface area contributed by atoms with Gasteiger partial charge in [-0.3, -0.25) is 0 Å². The van der Waals surface area contributed by atoms with Crippen LogP contribution in [0.1, 0.15) is 46.1 Å². The molecule has 0 radical (unpaired) electrons. The zero-order chi connectivity index (χ0) is 10.8. The molecule has 15 heavy (non-hydrogen) atoms. The first kappa shape index (κ1) is 10.5. The molecule has 0 amide bonds. The Kier molecular flexibility index (Phi) is 2.98. The zero-order valence-electron chi connectivity index (χ0n) is 9.90. The van der Waals surface area contributed by atoms with Crippen LogP contribution in [0.5, 0.6) is 0 Å². The number of imidazole rings is 1. The summed E-state index contributed by atoms with van der Waals surface area (Å²) in [5.41, 5.74) is 0. The Hall–Kier alpha value is -0.990. The van der Waals surface area contributed by atoms with E-state index in [0.29, 0.717) is 12.1 Å². The summed E-state index contributed by atoms with van der Waals surface area (Å²) in [5, 5.41) is 3.50. The molecule has 84 valence electrons. The van der Waals surface area contributed by atoms with Crippen LogP contribution in [0.2, 0.25) is 0 Å². The molecule has 1 aromatic rings. The molecular formula is C12H21N3. The lowest BCUT2D eigenvalue weighted by Crippen LogP contribution is -2.20. The number of nitrogens with one attached hydrogen (secondary N) is 1. The summed E-state index contributed by atoms with van der Waals surface area (Å²) in [6.07, 6.45) is 7.79. The number of rotatable bonds is 5. The van der Waals surface area contributed by atoms with Gasteiger partial charge in [-0.05, 0) is 32.1 Å². The van der Waals surface area contributed by atoms with Crippen molar-refractivity contribution in [3.63, 3.8) is 0 Å². The van der Waals surface area contributed by atoms with E-state index in [2.05, 4.69) is 41.8 Å². The van der Waals surface area contributed by atoms with Gasteiger partial charge in [-0.15, -0.1) is 0 Å². The van der Waals surface area contributed by atoms with Crippen molar-refractivity contribution in [3.05, 3.63) is 12.4 Å². The molecule has 0 aliphatic heterocycles. The topological polar surface area (TPSA) is 29.9 Å². The van der Waals surface area contributed by atoms with E-state index in [1.54, 1.807) is 0 Å². The number of anilines is 1. The maximum atomic E-state index is 4.38. The van der Waals surface area contributed by atoms with Gasteiger partial charge in [0.2, 0.25) is 5.95 Å². The molecule has 1 aliphatic carbocycles. The molecule has 1 unspecified atom stereocenters. The minimum absolute atomic E-state index is 0.505. The standard InChI is InChI=1S/C12H21N3/c1-9(2)8-10(3)14-12-13-6-7-15(12)11-4-5-11/h6-7,9-11H,4-5,8H2,1-3H3,(H,13,14). The summed E-state index contributed by atoms with van der Waals surface area (Å²) in [5.74, 6) is 1.78. The van der Waals surface area contributed by atoms with Crippen LogP contribution >= 0.6 is 0 Å². The second-order valence-electron chi connectivity index (χ2n) is 5.06. The summed E-state index contributed by atoms with van der Waals surface area (Å²) < 4.78 is 2.27. The third-order valence-electron chi connectivity index (χ3n) is 2.81. The third-order valence-corrected chi connectivity index (χ3v) is 2.81. The van der Waals surface area contributed by atoms with E-state index < -0.39 is 0 Å². The summed E-state index contributed by atoms with van der Waals surface area (Å²) >= 11 is 0. The van der Waals surface area contributed by atoms with Crippen molar-refractivity contribution in [3.8, 4) is 0 Å². The third kappa shape index (κ3) is 2.74. The van der Waals surface area contributed by atoms with Crippen LogP contribution in [-0.4, -0.2) is 15.6 Å². The molecule has 3 heteroatoms. The highest BCUT2D eigenvalue weighted by molar-refractivity contribution is 5.29. The van der Waals surface area contributed by atoms with E-state index in [1.807, 2.05) is 6.20 Å². The van der Waals surface area contributed by atoms with Gasteiger partial charge in [-0.2, -0.15) is 0 Å². The number of aromatic nitrogens is 2. The van der Waals surface area contributed by atoms with Crippen molar-refractivity contribution in [2.24, 2.45) is 5.92 Å². The van der Waals surface area contributed by atoms with Gasteiger partial charge < -0.3 is 9.88 Å². The smallest absolute Gasteiger partial charge is 0.203 e. The Bertz CT molecular complexity index is 312. The second-order valence-corrected chi connectivity index (χ2v) is 5.06. The predicted octanol–water partition coefficient (Wildman–Crippen LogP) is 3.06. The van der Waals surface area contributed by atoms with E-state index in [0.717, 1.165) is 11.9 Å². The molecule has 1 atom stereocenters. The Balaban J connectivity index is 1.94. The Morgan fingerprint density at radius 1 is 1.47 bits per heavy atom. The normalized spacial score (nSPS) is 18.1. The van der Waals surface area contributed by atoms with E-state index in [4.69, 9.17) is 0 Å². The molecule has 1 aromatic heterocycles.